The largest absolute Gasteiger partial charge is 0.480 e. The van der Waals surface area contributed by atoms with E-state index in [1.54, 1.807) is 24.3 Å². The van der Waals surface area contributed by atoms with Crippen LogP contribution >= 0.6 is 0 Å². The summed E-state index contributed by atoms with van der Waals surface area (Å²) in [4.78, 5) is 32.4. The lowest BCUT2D eigenvalue weighted by molar-refractivity contribution is -0.146. The third kappa shape index (κ3) is 3.99. The molecule has 1 aromatic heterocycles. The maximum atomic E-state index is 12.7. The molecule has 0 unspecified atom stereocenters. The normalized spacial score (nSPS) is 22.4. The smallest absolute Gasteiger partial charge is 0.329 e. The first-order valence-electron chi connectivity index (χ1n) is 8.58. The first-order valence-corrected chi connectivity index (χ1v) is 8.58. The number of hydrogen-bond donors (Lipinski definition) is 2. The van der Waals surface area contributed by atoms with Crippen LogP contribution in [0.3, 0.4) is 0 Å². The van der Waals surface area contributed by atoms with E-state index < -0.39 is 17.4 Å². The number of carbonyl (C=O) groups excluding carboxylic acids is 1. The molecule has 0 radical (unpaired) electrons. The summed E-state index contributed by atoms with van der Waals surface area (Å²) in [6.45, 7) is 2.10. The summed E-state index contributed by atoms with van der Waals surface area (Å²) in [5.74, 6) is -0.188. The Morgan fingerprint density at radius 2 is 2.04 bits per heavy atom. The van der Waals surface area contributed by atoms with E-state index in [0.29, 0.717) is 36.0 Å². The monoisotopic (exact) mass is 355 g/mol. The molecular formula is C19H21N3O4. The molecule has 26 heavy (non-hydrogen) atoms. The van der Waals surface area contributed by atoms with Crippen LogP contribution in [-0.4, -0.2) is 32.5 Å². The van der Waals surface area contributed by atoms with Crippen LogP contribution in [0.2, 0.25) is 0 Å². The van der Waals surface area contributed by atoms with Crippen molar-refractivity contribution in [2.75, 3.05) is 0 Å². The number of benzene rings is 1. The highest BCUT2D eigenvalue weighted by Gasteiger charge is 2.42. The Bertz CT molecular complexity index is 786. The Morgan fingerprint density at radius 3 is 2.69 bits per heavy atom. The van der Waals surface area contributed by atoms with Crippen LogP contribution in [0.25, 0.3) is 0 Å². The molecule has 1 aromatic carbocycles. The van der Waals surface area contributed by atoms with Gasteiger partial charge in [0, 0.05) is 18.0 Å². The van der Waals surface area contributed by atoms with Gasteiger partial charge in [0.15, 0.2) is 0 Å². The highest BCUT2D eigenvalue weighted by atomic mass is 16.5. The van der Waals surface area contributed by atoms with Gasteiger partial charge in [0.05, 0.1) is 6.20 Å². The topological polar surface area (TPSA) is 101 Å². The van der Waals surface area contributed by atoms with Gasteiger partial charge >= 0.3 is 5.97 Å². The predicted molar refractivity (Wildman–Crippen MR) is 94.0 cm³/mol. The molecule has 1 fully saturated rings. The molecule has 0 bridgehead atoms. The van der Waals surface area contributed by atoms with Crippen LogP contribution in [0.15, 0.2) is 42.9 Å². The van der Waals surface area contributed by atoms with Crippen molar-refractivity contribution >= 4 is 11.9 Å². The van der Waals surface area contributed by atoms with E-state index in [1.165, 1.54) is 18.6 Å². The van der Waals surface area contributed by atoms with Crippen LogP contribution in [-0.2, 0) is 4.79 Å². The molecule has 7 nitrogen and oxygen atoms in total. The lowest BCUT2D eigenvalue weighted by Gasteiger charge is -2.36. The Morgan fingerprint density at radius 1 is 1.27 bits per heavy atom. The number of carbonyl (C=O) groups is 2. The second-order valence-corrected chi connectivity index (χ2v) is 6.70. The molecule has 1 heterocycles. The van der Waals surface area contributed by atoms with Gasteiger partial charge in [0.1, 0.15) is 11.3 Å². The molecule has 3 rings (SSSR count). The number of hydrogen-bond acceptors (Lipinski definition) is 5. The summed E-state index contributed by atoms with van der Waals surface area (Å²) in [5, 5.41) is 12.4. The van der Waals surface area contributed by atoms with Gasteiger partial charge in [0.2, 0.25) is 5.88 Å². The van der Waals surface area contributed by atoms with E-state index in [9.17, 15) is 14.7 Å². The van der Waals surface area contributed by atoms with Crippen LogP contribution in [0.5, 0.6) is 11.6 Å². The highest BCUT2D eigenvalue weighted by molar-refractivity contribution is 5.98. The van der Waals surface area contributed by atoms with Crippen molar-refractivity contribution in [2.45, 2.75) is 38.1 Å². The molecule has 2 N–H and O–H groups in total. The van der Waals surface area contributed by atoms with Gasteiger partial charge in [-0.3, -0.25) is 9.78 Å². The minimum Gasteiger partial charge on any atom is -0.480 e. The van der Waals surface area contributed by atoms with Crippen LogP contribution in [0.4, 0.5) is 0 Å². The zero-order valence-electron chi connectivity index (χ0n) is 14.5. The maximum absolute atomic E-state index is 12.7. The number of ether oxygens (including phenoxy) is 1. The number of aromatic nitrogens is 2. The van der Waals surface area contributed by atoms with E-state index >= 15 is 0 Å². The minimum atomic E-state index is -1.20. The van der Waals surface area contributed by atoms with E-state index in [-0.39, 0.29) is 0 Å². The fourth-order valence-corrected chi connectivity index (χ4v) is 3.10. The summed E-state index contributed by atoms with van der Waals surface area (Å²) in [7, 11) is 0. The number of aliphatic carboxylic acids is 1. The van der Waals surface area contributed by atoms with Crippen LogP contribution in [0, 0.1) is 5.92 Å². The average molecular weight is 355 g/mol. The maximum Gasteiger partial charge on any atom is 0.329 e. The van der Waals surface area contributed by atoms with E-state index in [0.717, 1.165) is 12.8 Å². The minimum absolute atomic E-state index is 0.313. The SMILES string of the molecule is CC1CCC(NC(=O)c2cccc(Oc3cnccn3)c2)(C(=O)O)CC1. The van der Waals surface area contributed by atoms with Crippen LogP contribution < -0.4 is 10.1 Å². The Labute approximate surface area is 151 Å². The molecule has 0 saturated heterocycles. The van der Waals surface area contributed by atoms with Gasteiger partial charge in [-0.25, -0.2) is 9.78 Å². The molecular weight excluding hydrogens is 334 g/mol. The van der Waals surface area contributed by atoms with Gasteiger partial charge in [-0.05, 0) is 49.8 Å². The second kappa shape index (κ2) is 7.51. The van der Waals surface area contributed by atoms with Crippen molar-refractivity contribution in [3.63, 3.8) is 0 Å². The van der Waals surface area contributed by atoms with Gasteiger partial charge in [0.25, 0.3) is 5.91 Å². The number of amides is 1. The van der Waals surface area contributed by atoms with Crippen molar-refractivity contribution < 1.29 is 19.4 Å². The summed E-state index contributed by atoms with van der Waals surface area (Å²) < 4.78 is 5.58. The number of carboxylic acid groups (broad SMARTS) is 1. The van der Waals surface area contributed by atoms with Gasteiger partial charge in [-0.2, -0.15) is 0 Å². The Kier molecular flexibility index (Phi) is 5.16. The third-order valence-corrected chi connectivity index (χ3v) is 4.75. The van der Waals surface area contributed by atoms with E-state index in [1.807, 2.05) is 0 Å². The molecule has 0 aliphatic heterocycles. The van der Waals surface area contributed by atoms with Crippen molar-refractivity contribution in [3.8, 4) is 11.6 Å². The molecule has 1 aliphatic carbocycles. The highest BCUT2D eigenvalue weighted by Crippen LogP contribution is 2.32. The van der Waals surface area contributed by atoms with Crippen molar-refractivity contribution in [1.29, 1.82) is 0 Å². The average Bonchev–Trinajstić information content (AvgIpc) is 2.64. The van der Waals surface area contributed by atoms with E-state index in [2.05, 4.69) is 22.2 Å². The molecule has 2 aromatic rings. The molecule has 1 saturated carbocycles. The number of nitrogens with one attached hydrogen (secondary N) is 1. The standard InChI is InChI=1S/C19H21N3O4/c1-13-5-7-19(8-6-13,18(24)25)22-17(23)14-3-2-4-15(11-14)26-16-12-20-9-10-21-16/h2-4,9-13H,5-8H2,1H3,(H,22,23)(H,24,25). The summed E-state index contributed by atoms with van der Waals surface area (Å²) in [5.41, 5.74) is -0.864. The van der Waals surface area contributed by atoms with Gasteiger partial charge < -0.3 is 15.2 Å². The predicted octanol–water partition coefficient (Wildman–Crippen LogP) is 3.03. The van der Waals surface area contributed by atoms with Crippen molar-refractivity contribution in [3.05, 3.63) is 48.4 Å². The zero-order chi connectivity index (χ0) is 18.6. The Balaban J connectivity index is 1.75. The van der Waals surface area contributed by atoms with E-state index in [4.69, 9.17) is 4.74 Å². The number of nitrogens with zero attached hydrogens (tertiary/aromatic N) is 2. The third-order valence-electron chi connectivity index (χ3n) is 4.75. The Hall–Kier alpha value is -2.96. The van der Waals surface area contributed by atoms with Crippen molar-refractivity contribution in [1.82, 2.24) is 15.3 Å². The fraction of sp³-hybridized carbons (Fsp3) is 0.368. The van der Waals surface area contributed by atoms with Gasteiger partial charge in [-0.15, -0.1) is 0 Å². The molecule has 136 valence electrons. The van der Waals surface area contributed by atoms with Crippen molar-refractivity contribution in [2.24, 2.45) is 5.92 Å². The first-order chi connectivity index (χ1) is 12.5. The first kappa shape index (κ1) is 17.8. The molecule has 7 heteroatoms. The summed E-state index contributed by atoms with van der Waals surface area (Å²) in [6, 6.07) is 6.56. The number of carboxylic acids is 1. The zero-order valence-corrected chi connectivity index (χ0v) is 14.5. The quantitative estimate of drug-likeness (QED) is 0.855. The summed E-state index contributed by atoms with van der Waals surface area (Å²) >= 11 is 0. The molecule has 1 aliphatic rings. The second-order valence-electron chi connectivity index (χ2n) is 6.70. The van der Waals surface area contributed by atoms with Crippen LogP contribution in [0.1, 0.15) is 43.0 Å². The fourth-order valence-electron chi connectivity index (χ4n) is 3.10. The lowest BCUT2D eigenvalue weighted by atomic mass is 9.77. The van der Waals surface area contributed by atoms with Gasteiger partial charge in [-0.1, -0.05) is 13.0 Å². The lowest BCUT2D eigenvalue weighted by Crippen LogP contribution is -2.56. The molecule has 1 amide bonds. The molecule has 0 atom stereocenters. The summed E-state index contributed by atoms with van der Waals surface area (Å²) in [6.07, 6.45) is 6.94. The molecule has 0 spiro atoms. The number of rotatable bonds is 5.